The van der Waals surface area contributed by atoms with Gasteiger partial charge in [-0.15, -0.1) is 0 Å². The number of nitrogens with one attached hydrogen (secondary N) is 2. The fourth-order valence-corrected chi connectivity index (χ4v) is 1.35. The third-order valence-electron chi connectivity index (χ3n) is 2.12. The van der Waals surface area contributed by atoms with Crippen LogP contribution in [0.3, 0.4) is 0 Å². The van der Waals surface area contributed by atoms with E-state index in [-0.39, 0.29) is 12.1 Å². The molecule has 1 aliphatic heterocycles. The van der Waals surface area contributed by atoms with E-state index in [0.717, 1.165) is 11.1 Å². The Morgan fingerprint density at radius 1 is 1.41 bits per heavy atom. The molecule has 1 heterocycles. The summed E-state index contributed by atoms with van der Waals surface area (Å²) in [5.74, 6) is -1.72. The first-order valence-electron chi connectivity index (χ1n) is 4.74. The Morgan fingerprint density at radius 2 is 2.18 bits per heavy atom. The van der Waals surface area contributed by atoms with Gasteiger partial charge in [-0.25, -0.2) is 14.2 Å². The second kappa shape index (κ2) is 4.20. The van der Waals surface area contributed by atoms with Gasteiger partial charge < -0.3 is 0 Å². The summed E-state index contributed by atoms with van der Waals surface area (Å²) >= 11 is 0. The second-order valence-corrected chi connectivity index (χ2v) is 3.39. The molecule has 7 heteroatoms. The number of rotatable bonds is 2. The van der Waals surface area contributed by atoms with Crippen LogP contribution in [0.25, 0.3) is 0 Å². The molecule has 0 bridgehead atoms. The average Bonchev–Trinajstić information content (AvgIpc) is 2.57. The highest BCUT2D eigenvalue weighted by atomic mass is 19.1. The van der Waals surface area contributed by atoms with Crippen LogP contribution >= 0.6 is 0 Å². The monoisotopic (exact) mass is 237 g/mol. The van der Waals surface area contributed by atoms with Gasteiger partial charge in [0.15, 0.2) is 0 Å². The summed E-state index contributed by atoms with van der Waals surface area (Å²) in [6, 6.07) is 4.29. The molecule has 1 aliphatic rings. The smallest absolute Gasteiger partial charge is 0.275 e. The van der Waals surface area contributed by atoms with Crippen LogP contribution in [0.15, 0.2) is 24.3 Å². The van der Waals surface area contributed by atoms with Crippen molar-refractivity contribution < 1.29 is 18.8 Å². The Balaban J connectivity index is 2.07. The van der Waals surface area contributed by atoms with Crippen LogP contribution in [0.2, 0.25) is 0 Å². The van der Waals surface area contributed by atoms with Crippen molar-refractivity contribution in [1.29, 1.82) is 0 Å². The minimum Gasteiger partial charge on any atom is -0.275 e. The Morgan fingerprint density at radius 3 is 2.76 bits per heavy atom. The minimum atomic E-state index is -0.709. The van der Waals surface area contributed by atoms with Crippen molar-refractivity contribution in [2.75, 3.05) is 6.54 Å². The molecule has 17 heavy (non-hydrogen) atoms. The molecule has 1 aromatic carbocycles. The van der Waals surface area contributed by atoms with Crippen LogP contribution in [-0.2, 0) is 4.79 Å². The Bertz CT molecular complexity index is 503. The van der Waals surface area contributed by atoms with E-state index in [2.05, 4.69) is 5.43 Å². The largest absolute Gasteiger partial charge is 0.343 e. The minimum absolute atomic E-state index is 0.0668. The van der Waals surface area contributed by atoms with E-state index in [0.29, 0.717) is 0 Å². The van der Waals surface area contributed by atoms with Gasteiger partial charge in [-0.05, 0) is 18.2 Å². The zero-order valence-electron chi connectivity index (χ0n) is 8.57. The molecule has 1 saturated heterocycles. The summed E-state index contributed by atoms with van der Waals surface area (Å²) in [6.45, 7) is -0.250. The average molecular weight is 237 g/mol. The van der Waals surface area contributed by atoms with Crippen molar-refractivity contribution in [2.24, 2.45) is 0 Å². The Kier molecular flexibility index (Phi) is 2.73. The highest BCUT2D eigenvalue weighted by Crippen LogP contribution is 2.04. The van der Waals surface area contributed by atoms with E-state index in [1.807, 2.05) is 5.32 Å². The van der Waals surface area contributed by atoms with Crippen molar-refractivity contribution in [1.82, 2.24) is 15.8 Å². The lowest BCUT2D eigenvalue weighted by atomic mass is 10.2. The molecule has 1 fully saturated rings. The summed E-state index contributed by atoms with van der Waals surface area (Å²) in [5, 5.41) is 2.82. The Hall–Kier alpha value is -2.44. The SMILES string of the molecule is O=C1CN(NC(=O)c2cccc(F)c2)C(=O)N1. The number of imide groups is 1. The molecule has 1 aromatic rings. The number of amides is 4. The predicted octanol–water partition coefficient (Wildman–Crippen LogP) is 0.0223. The molecule has 2 N–H and O–H groups in total. The van der Waals surface area contributed by atoms with Crippen molar-refractivity contribution in [3.63, 3.8) is 0 Å². The molecule has 88 valence electrons. The van der Waals surface area contributed by atoms with Gasteiger partial charge in [0.25, 0.3) is 5.91 Å². The molecule has 0 unspecified atom stereocenters. The van der Waals surface area contributed by atoms with Crippen LogP contribution < -0.4 is 10.7 Å². The van der Waals surface area contributed by atoms with Gasteiger partial charge in [0.2, 0.25) is 5.91 Å². The van der Waals surface area contributed by atoms with E-state index >= 15 is 0 Å². The van der Waals surface area contributed by atoms with Crippen molar-refractivity contribution in [3.8, 4) is 0 Å². The maximum absolute atomic E-state index is 12.9. The van der Waals surface area contributed by atoms with Crippen LogP contribution in [0, 0.1) is 5.82 Å². The number of urea groups is 1. The lowest BCUT2D eigenvalue weighted by molar-refractivity contribution is -0.118. The number of nitrogens with zero attached hydrogens (tertiary/aromatic N) is 1. The van der Waals surface area contributed by atoms with E-state index in [9.17, 15) is 18.8 Å². The van der Waals surface area contributed by atoms with Crippen molar-refractivity contribution in [3.05, 3.63) is 35.6 Å². The van der Waals surface area contributed by atoms with Gasteiger partial charge in [-0.1, -0.05) is 6.07 Å². The number of carbonyl (C=O) groups excluding carboxylic acids is 3. The third-order valence-corrected chi connectivity index (χ3v) is 2.12. The molecule has 6 nitrogen and oxygen atoms in total. The van der Waals surface area contributed by atoms with E-state index in [4.69, 9.17) is 0 Å². The third kappa shape index (κ3) is 2.39. The Labute approximate surface area is 95.4 Å². The maximum Gasteiger partial charge on any atom is 0.343 e. The number of hydrogen-bond donors (Lipinski definition) is 2. The van der Waals surface area contributed by atoms with Gasteiger partial charge in [0, 0.05) is 5.56 Å². The number of benzene rings is 1. The zero-order chi connectivity index (χ0) is 12.4. The summed E-state index contributed by atoms with van der Waals surface area (Å²) in [6.07, 6.45) is 0. The van der Waals surface area contributed by atoms with Gasteiger partial charge >= 0.3 is 6.03 Å². The first-order valence-corrected chi connectivity index (χ1v) is 4.74. The number of hydrazine groups is 1. The summed E-state index contributed by atoms with van der Waals surface area (Å²) in [7, 11) is 0. The van der Waals surface area contributed by atoms with Gasteiger partial charge in [0.1, 0.15) is 12.4 Å². The van der Waals surface area contributed by atoms with Crippen LogP contribution in [0.5, 0.6) is 0 Å². The number of hydrogen-bond acceptors (Lipinski definition) is 3. The molecule has 0 spiro atoms. The molecule has 0 saturated carbocycles. The molecule has 0 atom stereocenters. The van der Waals surface area contributed by atoms with Crippen LogP contribution in [0.1, 0.15) is 10.4 Å². The molecule has 0 aromatic heterocycles. The predicted molar refractivity (Wildman–Crippen MR) is 54.1 cm³/mol. The van der Waals surface area contributed by atoms with Crippen molar-refractivity contribution in [2.45, 2.75) is 0 Å². The van der Waals surface area contributed by atoms with E-state index in [1.165, 1.54) is 18.2 Å². The summed E-state index contributed by atoms with van der Waals surface area (Å²) in [4.78, 5) is 33.6. The number of carbonyl (C=O) groups is 3. The standard InChI is InChI=1S/C10H8FN3O3/c11-7-3-1-2-6(4-7)9(16)13-14-5-8(15)12-10(14)17/h1-4H,5H2,(H,13,16)(H,12,15,17). The van der Waals surface area contributed by atoms with Crippen LogP contribution in [-0.4, -0.2) is 29.4 Å². The first-order chi connectivity index (χ1) is 8.06. The molecule has 0 aliphatic carbocycles. The second-order valence-electron chi connectivity index (χ2n) is 3.39. The van der Waals surface area contributed by atoms with Crippen molar-refractivity contribution >= 4 is 17.8 Å². The van der Waals surface area contributed by atoms with Gasteiger partial charge in [-0.2, -0.15) is 0 Å². The molecular weight excluding hydrogens is 229 g/mol. The highest BCUT2D eigenvalue weighted by molar-refractivity contribution is 6.03. The lowest BCUT2D eigenvalue weighted by Crippen LogP contribution is -2.44. The fraction of sp³-hybridized carbons (Fsp3) is 0.100. The first kappa shape index (κ1) is 11.1. The number of halogens is 1. The van der Waals surface area contributed by atoms with E-state index in [1.54, 1.807) is 0 Å². The highest BCUT2D eigenvalue weighted by Gasteiger charge is 2.28. The normalized spacial score (nSPS) is 14.8. The lowest BCUT2D eigenvalue weighted by Gasteiger charge is -2.14. The molecule has 0 radical (unpaired) electrons. The maximum atomic E-state index is 12.9. The summed E-state index contributed by atoms with van der Waals surface area (Å²) < 4.78 is 12.9. The fourth-order valence-electron chi connectivity index (χ4n) is 1.35. The van der Waals surface area contributed by atoms with Crippen LogP contribution in [0.4, 0.5) is 9.18 Å². The topological polar surface area (TPSA) is 78.5 Å². The molecule has 2 rings (SSSR count). The zero-order valence-corrected chi connectivity index (χ0v) is 8.57. The molecule has 4 amide bonds. The summed E-state index contributed by atoms with van der Waals surface area (Å²) in [5.41, 5.74) is 2.26. The quantitative estimate of drug-likeness (QED) is 0.712. The molecular formula is C10H8FN3O3. The van der Waals surface area contributed by atoms with E-state index < -0.39 is 23.7 Å². The van der Waals surface area contributed by atoms with Gasteiger partial charge in [0.05, 0.1) is 0 Å². The van der Waals surface area contributed by atoms with Gasteiger partial charge in [-0.3, -0.25) is 20.3 Å².